The average molecular weight is 353 g/mol. The molecule has 1 N–H and O–H groups in total. The molecule has 0 radical (unpaired) electrons. The number of hydrogen-bond acceptors (Lipinski definition) is 3. The van der Waals surface area contributed by atoms with Gasteiger partial charge >= 0.3 is 5.97 Å². The number of rotatable bonds is 6. The summed E-state index contributed by atoms with van der Waals surface area (Å²) in [5, 5.41) is 8.63. The van der Waals surface area contributed by atoms with Gasteiger partial charge < -0.3 is 14.7 Å². The van der Waals surface area contributed by atoms with E-state index in [1.807, 2.05) is 59.5 Å². The van der Waals surface area contributed by atoms with Crippen molar-refractivity contribution in [1.82, 2.24) is 4.90 Å². The fraction of sp³-hybridized carbons (Fsp3) is 0.333. The van der Waals surface area contributed by atoms with Gasteiger partial charge in [0.25, 0.3) is 5.91 Å². The molecule has 0 aliphatic carbocycles. The molecular weight excluding hydrogens is 330 g/mol. The van der Waals surface area contributed by atoms with Gasteiger partial charge in [-0.15, -0.1) is 0 Å². The van der Waals surface area contributed by atoms with Gasteiger partial charge in [-0.25, -0.2) is 0 Å². The zero-order valence-corrected chi connectivity index (χ0v) is 14.6. The molecule has 0 aromatic heterocycles. The van der Waals surface area contributed by atoms with Crippen LogP contribution in [0.5, 0.6) is 5.75 Å². The molecule has 0 atom stereocenters. The zero-order valence-electron chi connectivity index (χ0n) is 14.6. The van der Waals surface area contributed by atoms with Crippen LogP contribution in [0.25, 0.3) is 0 Å². The smallest absolute Gasteiger partial charge is 0.306 e. The maximum absolute atomic E-state index is 12.5. The maximum atomic E-state index is 12.5. The van der Waals surface area contributed by atoms with Gasteiger partial charge in [0.2, 0.25) is 0 Å². The zero-order chi connectivity index (χ0) is 18.4. The molecule has 1 fully saturated rings. The number of piperidine rings is 1. The summed E-state index contributed by atoms with van der Waals surface area (Å²) in [6.45, 7) is 1.69. The Bertz CT molecular complexity index is 734. The lowest BCUT2D eigenvalue weighted by molar-refractivity contribution is -0.137. The second-order valence-electron chi connectivity index (χ2n) is 6.49. The van der Waals surface area contributed by atoms with E-state index in [1.165, 1.54) is 5.56 Å². The van der Waals surface area contributed by atoms with E-state index < -0.39 is 5.97 Å². The number of nitrogens with zero attached hydrogens (tertiary/aromatic N) is 1. The van der Waals surface area contributed by atoms with E-state index in [0.717, 1.165) is 31.5 Å². The molecule has 1 amide bonds. The van der Waals surface area contributed by atoms with E-state index in [1.54, 1.807) is 0 Å². The number of carboxylic acid groups (broad SMARTS) is 1. The van der Waals surface area contributed by atoms with Crippen LogP contribution in [0, 0.1) is 0 Å². The number of amides is 1. The van der Waals surface area contributed by atoms with Gasteiger partial charge in [-0.05, 0) is 48.6 Å². The molecular formula is C21H23NO4. The highest BCUT2D eigenvalue weighted by Crippen LogP contribution is 2.29. The number of carbonyl (C=O) groups is 2. The first-order chi connectivity index (χ1) is 12.6. The molecule has 0 spiro atoms. The van der Waals surface area contributed by atoms with E-state index in [4.69, 9.17) is 9.84 Å². The molecule has 5 heteroatoms. The summed E-state index contributed by atoms with van der Waals surface area (Å²) in [4.78, 5) is 24.9. The first-order valence-electron chi connectivity index (χ1n) is 8.92. The largest absolute Gasteiger partial charge is 0.493 e. The normalized spacial score (nSPS) is 14.8. The van der Waals surface area contributed by atoms with Crippen molar-refractivity contribution in [2.45, 2.75) is 25.2 Å². The molecule has 3 rings (SSSR count). The van der Waals surface area contributed by atoms with Crippen molar-refractivity contribution in [2.75, 3.05) is 19.7 Å². The Hall–Kier alpha value is -2.82. The molecule has 0 unspecified atom stereocenters. The monoisotopic (exact) mass is 353 g/mol. The minimum atomic E-state index is -0.863. The Kier molecular flexibility index (Phi) is 5.89. The quantitative estimate of drug-likeness (QED) is 0.862. The number of carbonyl (C=O) groups excluding carboxylic acids is 1. The SMILES string of the molecule is O=C(O)CCOc1ccc(C2CCN(C(=O)c3ccccc3)CC2)cc1. The van der Waals surface area contributed by atoms with Crippen molar-refractivity contribution in [1.29, 1.82) is 0 Å². The summed E-state index contributed by atoms with van der Waals surface area (Å²) >= 11 is 0. The predicted octanol–water partition coefficient (Wildman–Crippen LogP) is 3.56. The Balaban J connectivity index is 1.51. The highest BCUT2D eigenvalue weighted by molar-refractivity contribution is 5.94. The van der Waals surface area contributed by atoms with Crippen molar-refractivity contribution < 1.29 is 19.4 Å². The highest BCUT2D eigenvalue weighted by Gasteiger charge is 2.24. The Morgan fingerprint density at radius 1 is 1.00 bits per heavy atom. The summed E-state index contributed by atoms with van der Waals surface area (Å²) in [5.74, 6) is 0.360. The van der Waals surface area contributed by atoms with Crippen LogP contribution < -0.4 is 4.74 Å². The maximum Gasteiger partial charge on any atom is 0.306 e. The van der Waals surface area contributed by atoms with E-state index in [2.05, 4.69) is 0 Å². The lowest BCUT2D eigenvalue weighted by atomic mass is 9.89. The number of ether oxygens (including phenoxy) is 1. The highest BCUT2D eigenvalue weighted by atomic mass is 16.5. The molecule has 0 bridgehead atoms. The number of aliphatic carboxylic acids is 1. The molecule has 1 aliphatic rings. The molecule has 5 nitrogen and oxygen atoms in total. The van der Waals surface area contributed by atoms with Gasteiger partial charge in [0, 0.05) is 18.7 Å². The predicted molar refractivity (Wildman–Crippen MR) is 98.5 cm³/mol. The van der Waals surface area contributed by atoms with Crippen molar-refractivity contribution in [2.24, 2.45) is 0 Å². The number of carboxylic acids is 1. The lowest BCUT2D eigenvalue weighted by Crippen LogP contribution is -2.37. The van der Waals surface area contributed by atoms with Crippen molar-refractivity contribution in [3.63, 3.8) is 0 Å². The Morgan fingerprint density at radius 3 is 2.27 bits per heavy atom. The second kappa shape index (κ2) is 8.52. The molecule has 1 saturated heterocycles. The molecule has 26 heavy (non-hydrogen) atoms. The third-order valence-corrected chi connectivity index (χ3v) is 4.74. The summed E-state index contributed by atoms with van der Waals surface area (Å²) in [6.07, 6.45) is 1.88. The Labute approximate surface area is 153 Å². The van der Waals surface area contributed by atoms with E-state index in [9.17, 15) is 9.59 Å². The van der Waals surface area contributed by atoms with Crippen LogP contribution in [0.1, 0.15) is 41.1 Å². The topological polar surface area (TPSA) is 66.8 Å². The van der Waals surface area contributed by atoms with Crippen molar-refractivity contribution >= 4 is 11.9 Å². The molecule has 2 aromatic rings. The standard InChI is InChI=1S/C21H23NO4/c23-20(24)12-15-26-19-8-6-16(7-9-19)17-10-13-22(14-11-17)21(25)18-4-2-1-3-5-18/h1-9,17H,10-15H2,(H,23,24). The lowest BCUT2D eigenvalue weighted by Gasteiger charge is -2.32. The summed E-state index contributed by atoms with van der Waals surface area (Å²) in [5.41, 5.74) is 1.98. The molecule has 0 saturated carbocycles. The van der Waals surface area contributed by atoms with E-state index in [-0.39, 0.29) is 18.9 Å². The number of hydrogen-bond donors (Lipinski definition) is 1. The fourth-order valence-electron chi connectivity index (χ4n) is 3.27. The van der Waals surface area contributed by atoms with E-state index in [0.29, 0.717) is 11.7 Å². The van der Waals surface area contributed by atoms with Crippen LogP contribution in [0.4, 0.5) is 0 Å². The number of likely N-dealkylation sites (tertiary alicyclic amines) is 1. The average Bonchev–Trinajstić information content (AvgIpc) is 2.68. The summed E-state index contributed by atoms with van der Waals surface area (Å²) in [6, 6.07) is 17.3. The van der Waals surface area contributed by atoms with Gasteiger partial charge in [-0.1, -0.05) is 30.3 Å². The van der Waals surface area contributed by atoms with Crippen LogP contribution in [0.3, 0.4) is 0 Å². The minimum absolute atomic E-state index is 0.00431. The second-order valence-corrected chi connectivity index (χ2v) is 6.49. The third kappa shape index (κ3) is 4.63. The van der Waals surface area contributed by atoms with Crippen LogP contribution >= 0.6 is 0 Å². The van der Waals surface area contributed by atoms with Crippen LogP contribution in [-0.2, 0) is 4.79 Å². The first-order valence-corrected chi connectivity index (χ1v) is 8.92. The van der Waals surface area contributed by atoms with Crippen LogP contribution in [0.15, 0.2) is 54.6 Å². The number of benzene rings is 2. The van der Waals surface area contributed by atoms with Crippen molar-refractivity contribution in [3.8, 4) is 5.75 Å². The van der Waals surface area contributed by atoms with Gasteiger partial charge in [-0.2, -0.15) is 0 Å². The first kappa shape index (κ1) is 18.0. The third-order valence-electron chi connectivity index (χ3n) is 4.74. The van der Waals surface area contributed by atoms with Crippen molar-refractivity contribution in [3.05, 3.63) is 65.7 Å². The van der Waals surface area contributed by atoms with Gasteiger partial charge in [-0.3, -0.25) is 9.59 Å². The molecule has 136 valence electrons. The molecule has 1 heterocycles. The molecule has 1 aliphatic heterocycles. The Morgan fingerprint density at radius 2 is 1.65 bits per heavy atom. The fourth-order valence-corrected chi connectivity index (χ4v) is 3.27. The van der Waals surface area contributed by atoms with Gasteiger partial charge in [0.15, 0.2) is 0 Å². The molecule has 2 aromatic carbocycles. The van der Waals surface area contributed by atoms with Crippen LogP contribution in [-0.4, -0.2) is 41.6 Å². The van der Waals surface area contributed by atoms with Gasteiger partial charge in [0.05, 0.1) is 13.0 Å². The van der Waals surface area contributed by atoms with E-state index >= 15 is 0 Å². The van der Waals surface area contributed by atoms with Crippen LogP contribution in [0.2, 0.25) is 0 Å². The minimum Gasteiger partial charge on any atom is -0.493 e. The summed E-state index contributed by atoms with van der Waals surface area (Å²) in [7, 11) is 0. The summed E-state index contributed by atoms with van der Waals surface area (Å²) < 4.78 is 5.42. The van der Waals surface area contributed by atoms with Gasteiger partial charge in [0.1, 0.15) is 5.75 Å².